The predicted octanol–water partition coefficient (Wildman–Crippen LogP) is -1.48. The number of aromatic nitrogens is 2. The Kier molecular flexibility index (Phi) is 4.41. The monoisotopic (exact) mass is 301 g/mol. The summed E-state index contributed by atoms with van der Waals surface area (Å²) in [6.45, 7) is 4.20. The van der Waals surface area contributed by atoms with Crippen LogP contribution in [-0.2, 0) is 21.9 Å². The van der Waals surface area contributed by atoms with Gasteiger partial charge in [-0.15, -0.1) is 0 Å². The topological polar surface area (TPSA) is 96.3 Å². The quantitative estimate of drug-likeness (QED) is 0.707. The summed E-state index contributed by atoms with van der Waals surface area (Å²) in [5, 5.41) is 6.96. The zero-order valence-corrected chi connectivity index (χ0v) is 12.4. The molecular weight excluding hydrogens is 282 g/mol. The van der Waals surface area contributed by atoms with E-state index in [4.69, 9.17) is 0 Å². The van der Waals surface area contributed by atoms with Gasteiger partial charge in [0.25, 0.3) is 0 Å². The van der Waals surface area contributed by atoms with Crippen molar-refractivity contribution in [3.05, 3.63) is 12.4 Å². The van der Waals surface area contributed by atoms with Crippen LogP contribution in [0.3, 0.4) is 0 Å². The summed E-state index contributed by atoms with van der Waals surface area (Å²) in [5.41, 5.74) is 0. The van der Waals surface area contributed by atoms with Crippen molar-refractivity contribution in [3.63, 3.8) is 0 Å². The Hall–Kier alpha value is -1.45. The van der Waals surface area contributed by atoms with E-state index in [1.54, 1.807) is 18.9 Å². The number of rotatable bonds is 4. The lowest BCUT2D eigenvalue weighted by atomic mass is 10.2. The Morgan fingerprint density at radius 1 is 1.45 bits per heavy atom. The van der Waals surface area contributed by atoms with E-state index in [-0.39, 0.29) is 10.8 Å². The molecule has 2 rings (SSSR count). The van der Waals surface area contributed by atoms with Crippen LogP contribution in [0.1, 0.15) is 6.92 Å². The van der Waals surface area contributed by atoms with Gasteiger partial charge in [0.05, 0.1) is 12.2 Å². The number of carbonyl (C=O) groups excluding carboxylic acids is 1. The Balaban J connectivity index is 2.03. The number of piperazine rings is 1. The van der Waals surface area contributed by atoms with Gasteiger partial charge in [0.15, 0.2) is 0 Å². The maximum absolute atomic E-state index is 12.2. The molecule has 1 aromatic heterocycles. The standard InChI is InChI=1S/C11H19N5O3S/c1-9(11(17)16-5-3-12-4-6-16)14-20(18,19)10-7-13-15(2)8-10/h7-9,12,14H,3-6H2,1-2H3. The zero-order chi connectivity index (χ0) is 14.8. The van der Waals surface area contributed by atoms with Gasteiger partial charge in [-0.1, -0.05) is 0 Å². The third-order valence-corrected chi connectivity index (χ3v) is 4.62. The van der Waals surface area contributed by atoms with Crippen LogP contribution in [0, 0.1) is 0 Å². The van der Waals surface area contributed by atoms with Crippen molar-refractivity contribution in [2.75, 3.05) is 26.2 Å². The van der Waals surface area contributed by atoms with Gasteiger partial charge in [0, 0.05) is 39.4 Å². The average Bonchev–Trinajstić information content (AvgIpc) is 2.86. The van der Waals surface area contributed by atoms with E-state index in [2.05, 4.69) is 15.1 Å². The second kappa shape index (κ2) is 5.90. The molecule has 1 fully saturated rings. The molecule has 1 aromatic rings. The van der Waals surface area contributed by atoms with Crippen LogP contribution in [0.15, 0.2) is 17.3 Å². The highest BCUT2D eigenvalue weighted by Crippen LogP contribution is 2.08. The van der Waals surface area contributed by atoms with Gasteiger partial charge >= 0.3 is 0 Å². The maximum atomic E-state index is 12.2. The fourth-order valence-corrected chi connectivity index (χ4v) is 3.23. The fraction of sp³-hybridized carbons (Fsp3) is 0.636. The minimum absolute atomic E-state index is 0.0555. The lowest BCUT2D eigenvalue weighted by molar-refractivity contribution is -0.133. The van der Waals surface area contributed by atoms with Crippen molar-refractivity contribution >= 4 is 15.9 Å². The van der Waals surface area contributed by atoms with Crippen molar-refractivity contribution in [2.24, 2.45) is 7.05 Å². The molecule has 1 aliphatic rings. The average molecular weight is 301 g/mol. The van der Waals surface area contributed by atoms with E-state index < -0.39 is 16.1 Å². The van der Waals surface area contributed by atoms with Gasteiger partial charge in [-0.2, -0.15) is 9.82 Å². The first-order valence-corrected chi connectivity index (χ1v) is 7.89. The number of nitrogens with zero attached hydrogens (tertiary/aromatic N) is 3. The first kappa shape index (κ1) is 14.9. The van der Waals surface area contributed by atoms with Gasteiger partial charge < -0.3 is 10.2 Å². The molecule has 2 N–H and O–H groups in total. The van der Waals surface area contributed by atoms with E-state index in [0.29, 0.717) is 13.1 Å². The highest BCUT2D eigenvalue weighted by molar-refractivity contribution is 7.89. The van der Waals surface area contributed by atoms with Crippen molar-refractivity contribution in [3.8, 4) is 0 Å². The van der Waals surface area contributed by atoms with Crippen molar-refractivity contribution in [1.29, 1.82) is 0 Å². The molecule has 8 nitrogen and oxygen atoms in total. The van der Waals surface area contributed by atoms with Crippen molar-refractivity contribution < 1.29 is 13.2 Å². The van der Waals surface area contributed by atoms with Gasteiger partial charge in [-0.25, -0.2) is 8.42 Å². The van der Waals surface area contributed by atoms with Crippen LogP contribution in [0.2, 0.25) is 0 Å². The number of hydrogen-bond donors (Lipinski definition) is 2. The number of nitrogens with one attached hydrogen (secondary N) is 2. The first-order valence-electron chi connectivity index (χ1n) is 6.40. The van der Waals surface area contributed by atoms with Gasteiger partial charge in [0.2, 0.25) is 15.9 Å². The van der Waals surface area contributed by atoms with E-state index in [1.165, 1.54) is 17.1 Å². The Bertz CT molecular complexity index is 577. The van der Waals surface area contributed by atoms with Gasteiger partial charge in [0.1, 0.15) is 4.90 Å². The lowest BCUT2D eigenvalue weighted by Crippen LogP contribution is -2.53. The first-order chi connectivity index (χ1) is 9.40. The Morgan fingerprint density at radius 3 is 2.65 bits per heavy atom. The highest BCUT2D eigenvalue weighted by Gasteiger charge is 2.27. The second-order valence-corrected chi connectivity index (χ2v) is 6.48. The molecule has 0 spiro atoms. The number of sulfonamides is 1. The summed E-state index contributed by atoms with van der Waals surface area (Å²) < 4.78 is 28.0. The van der Waals surface area contributed by atoms with Crippen LogP contribution in [-0.4, -0.2) is 61.2 Å². The van der Waals surface area contributed by atoms with Gasteiger partial charge in [-0.3, -0.25) is 9.48 Å². The lowest BCUT2D eigenvalue weighted by Gasteiger charge is -2.29. The molecule has 112 valence electrons. The van der Waals surface area contributed by atoms with E-state index >= 15 is 0 Å². The molecule has 9 heteroatoms. The number of carbonyl (C=O) groups is 1. The van der Waals surface area contributed by atoms with Crippen LogP contribution >= 0.6 is 0 Å². The zero-order valence-electron chi connectivity index (χ0n) is 11.5. The molecule has 2 heterocycles. The van der Waals surface area contributed by atoms with E-state index in [1.807, 2.05) is 0 Å². The summed E-state index contributed by atoms with van der Waals surface area (Å²) in [7, 11) is -2.09. The smallest absolute Gasteiger partial charge is 0.244 e. The fourth-order valence-electron chi connectivity index (χ4n) is 2.05. The van der Waals surface area contributed by atoms with E-state index in [0.717, 1.165) is 13.1 Å². The minimum Gasteiger partial charge on any atom is -0.339 e. The molecule has 0 saturated carbocycles. The van der Waals surface area contributed by atoms with Crippen LogP contribution in [0.4, 0.5) is 0 Å². The Morgan fingerprint density at radius 2 is 2.10 bits per heavy atom. The number of amides is 1. The van der Waals surface area contributed by atoms with Crippen LogP contribution < -0.4 is 10.0 Å². The molecule has 0 radical (unpaired) electrons. The van der Waals surface area contributed by atoms with Crippen molar-refractivity contribution in [2.45, 2.75) is 17.9 Å². The number of aryl methyl sites for hydroxylation is 1. The summed E-state index contributed by atoms with van der Waals surface area (Å²) >= 11 is 0. The van der Waals surface area contributed by atoms with Gasteiger partial charge in [-0.05, 0) is 6.92 Å². The molecular formula is C11H19N5O3S. The largest absolute Gasteiger partial charge is 0.339 e. The second-order valence-electron chi connectivity index (χ2n) is 4.77. The number of hydrogen-bond acceptors (Lipinski definition) is 5. The highest BCUT2D eigenvalue weighted by atomic mass is 32.2. The molecule has 1 aliphatic heterocycles. The maximum Gasteiger partial charge on any atom is 0.244 e. The molecule has 0 bridgehead atoms. The molecule has 20 heavy (non-hydrogen) atoms. The summed E-state index contributed by atoms with van der Waals surface area (Å²) in [5.74, 6) is -0.209. The third-order valence-electron chi connectivity index (χ3n) is 3.12. The summed E-state index contributed by atoms with van der Waals surface area (Å²) in [6, 6.07) is -0.793. The minimum atomic E-state index is -3.72. The third kappa shape index (κ3) is 3.35. The molecule has 0 aromatic carbocycles. The summed E-state index contributed by atoms with van der Waals surface area (Å²) in [6.07, 6.45) is 2.65. The molecule has 1 unspecified atom stereocenters. The predicted molar refractivity (Wildman–Crippen MR) is 72.4 cm³/mol. The van der Waals surface area contributed by atoms with Crippen LogP contribution in [0.5, 0.6) is 0 Å². The van der Waals surface area contributed by atoms with Crippen molar-refractivity contribution in [1.82, 2.24) is 24.7 Å². The Labute approximate surface area is 118 Å². The molecule has 1 amide bonds. The SMILES string of the molecule is CC(NS(=O)(=O)c1cnn(C)c1)C(=O)N1CCNCC1. The van der Waals surface area contributed by atoms with Crippen LogP contribution in [0.25, 0.3) is 0 Å². The normalized spacial score (nSPS) is 18.0. The molecule has 0 aliphatic carbocycles. The summed E-state index contributed by atoms with van der Waals surface area (Å²) in [4.78, 5) is 13.9. The van der Waals surface area contributed by atoms with E-state index in [9.17, 15) is 13.2 Å². The molecule has 1 saturated heterocycles. The molecule has 1 atom stereocenters.